The molecular weight excluding hydrogens is 286 g/mol. The predicted octanol–water partition coefficient (Wildman–Crippen LogP) is 3.89. The topological polar surface area (TPSA) is 9.23 Å². The standard InChI is InChI=1S/C21H32BO.Li/c1-5-9-12-19-16-15-18-13-10-11-14-20(18)21(19)17-23-22(6-2,7-3)8-4;/h10-11,13-17,19H,5-9,12H2,1-4H3;/q-1;+1/b21-17-;/t19-;/m0./s1. The van der Waals surface area contributed by atoms with Crippen LogP contribution in [0.4, 0.5) is 0 Å². The van der Waals surface area contributed by atoms with E-state index >= 15 is 0 Å². The molecule has 3 heteroatoms. The third-order valence-corrected chi connectivity index (χ3v) is 5.76. The van der Waals surface area contributed by atoms with Gasteiger partial charge in [-0.3, -0.25) is 0 Å². The van der Waals surface area contributed by atoms with Gasteiger partial charge in [0, 0.05) is 12.2 Å². The van der Waals surface area contributed by atoms with Crippen molar-refractivity contribution in [2.45, 2.75) is 65.9 Å². The first-order chi connectivity index (χ1) is 11.2. The molecule has 0 amide bonds. The van der Waals surface area contributed by atoms with Crippen LogP contribution in [0.25, 0.3) is 11.6 Å². The van der Waals surface area contributed by atoms with Crippen molar-refractivity contribution in [3.8, 4) is 0 Å². The molecule has 1 atom stereocenters. The third kappa shape index (κ3) is 4.84. The van der Waals surface area contributed by atoms with E-state index in [1.807, 2.05) is 0 Å². The normalized spacial score (nSPS) is 18.2. The number of allylic oxidation sites excluding steroid dienone is 2. The minimum absolute atomic E-state index is 0. The van der Waals surface area contributed by atoms with Crippen LogP contribution >= 0.6 is 0 Å². The maximum atomic E-state index is 6.45. The zero-order valence-electron chi connectivity index (χ0n) is 16.3. The quantitative estimate of drug-likeness (QED) is 0.522. The summed E-state index contributed by atoms with van der Waals surface area (Å²) in [5.74, 6) is 0.490. The molecule has 24 heavy (non-hydrogen) atoms. The minimum Gasteiger partial charge on any atom is -0.718 e. The van der Waals surface area contributed by atoms with Crippen molar-refractivity contribution in [3.63, 3.8) is 0 Å². The Morgan fingerprint density at radius 2 is 1.71 bits per heavy atom. The summed E-state index contributed by atoms with van der Waals surface area (Å²) in [7, 11) is 0. The molecule has 0 aliphatic heterocycles. The van der Waals surface area contributed by atoms with E-state index in [2.05, 4.69) is 70.4 Å². The number of benzene rings is 1. The van der Waals surface area contributed by atoms with Gasteiger partial charge in [0.1, 0.15) is 0 Å². The summed E-state index contributed by atoms with van der Waals surface area (Å²) >= 11 is 0. The van der Waals surface area contributed by atoms with E-state index in [0.717, 1.165) is 19.0 Å². The minimum atomic E-state index is -0.721. The van der Waals surface area contributed by atoms with Gasteiger partial charge in [-0.15, -0.1) is 19.0 Å². The van der Waals surface area contributed by atoms with E-state index in [4.69, 9.17) is 4.65 Å². The van der Waals surface area contributed by atoms with Crippen LogP contribution in [-0.4, -0.2) is 6.35 Å². The SMILES string of the molecule is CCCC[C@H]1C=Cc2ccccc2/C1=C\O[B-](CC)(CC)CC.[Li+]. The van der Waals surface area contributed by atoms with Crippen LogP contribution in [-0.2, 0) is 4.65 Å². The zero-order chi connectivity index (χ0) is 16.7. The fourth-order valence-electron chi connectivity index (χ4n) is 3.63. The Bertz CT molecular complexity index is 552. The second-order valence-electron chi connectivity index (χ2n) is 7.00. The van der Waals surface area contributed by atoms with Gasteiger partial charge >= 0.3 is 18.9 Å². The Hall–Kier alpha value is -0.838. The van der Waals surface area contributed by atoms with Gasteiger partial charge in [-0.1, -0.05) is 77.0 Å². The Labute approximate surface area is 161 Å². The molecule has 0 heterocycles. The Balaban J connectivity index is 0.00000288. The van der Waals surface area contributed by atoms with Crippen molar-refractivity contribution >= 4 is 18.0 Å². The molecule has 2 rings (SSSR count). The van der Waals surface area contributed by atoms with Gasteiger partial charge in [0.2, 0.25) is 0 Å². The summed E-state index contributed by atoms with van der Waals surface area (Å²) in [6.45, 7) is 9.04. The molecule has 0 fully saturated rings. The molecular formula is C21H32BLiO. The summed E-state index contributed by atoms with van der Waals surface area (Å²) < 4.78 is 6.45. The summed E-state index contributed by atoms with van der Waals surface area (Å²) in [5.41, 5.74) is 4.04. The van der Waals surface area contributed by atoms with Crippen molar-refractivity contribution in [3.05, 3.63) is 47.7 Å². The van der Waals surface area contributed by atoms with Crippen molar-refractivity contribution in [2.24, 2.45) is 5.92 Å². The van der Waals surface area contributed by atoms with Crippen LogP contribution in [0.3, 0.4) is 0 Å². The fourth-order valence-corrected chi connectivity index (χ4v) is 3.63. The number of hydrogen-bond acceptors (Lipinski definition) is 1. The fraction of sp³-hybridized carbons (Fsp3) is 0.524. The van der Waals surface area contributed by atoms with Crippen LogP contribution in [0, 0.1) is 5.92 Å². The second kappa shape index (κ2) is 10.2. The van der Waals surface area contributed by atoms with Crippen LogP contribution in [0.15, 0.2) is 36.6 Å². The van der Waals surface area contributed by atoms with Crippen LogP contribution in [0.5, 0.6) is 0 Å². The molecule has 1 aromatic rings. The van der Waals surface area contributed by atoms with E-state index in [9.17, 15) is 0 Å². The largest absolute Gasteiger partial charge is 1.00 e. The first-order valence-electron chi connectivity index (χ1n) is 9.54. The molecule has 0 aromatic heterocycles. The number of unbranched alkanes of at least 4 members (excludes halogenated alkanes) is 1. The first kappa shape index (κ1) is 21.2. The van der Waals surface area contributed by atoms with E-state index in [1.54, 1.807) is 0 Å². The Morgan fingerprint density at radius 3 is 2.33 bits per heavy atom. The molecule has 1 aromatic carbocycles. The molecule has 126 valence electrons. The average molecular weight is 318 g/mol. The average Bonchev–Trinajstić information content (AvgIpc) is 2.62. The van der Waals surface area contributed by atoms with Crippen molar-refractivity contribution < 1.29 is 23.5 Å². The molecule has 0 saturated heterocycles. The zero-order valence-corrected chi connectivity index (χ0v) is 16.3. The Kier molecular flexibility index (Phi) is 9.03. The summed E-state index contributed by atoms with van der Waals surface area (Å²) in [6, 6.07) is 8.70. The molecule has 1 nitrogen and oxygen atoms in total. The smallest absolute Gasteiger partial charge is 0.718 e. The van der Waals surface area contributed by atoms with Gasteiger partial charge in [-0.2, -0.15) is 0 Å². The van der Waals surface area contributed by atoms with Gasteiger partial charge in [0.15, 0.2) is 6.35 Å². The van der Waals surface area contributed by atoms with Gasteiger partial charge in [0.25, 0.3) is 0 Å². The molecule has 0 radical (unpaired) electrons. The van der Waals surface area contributed by atoms with Crippen LogP contribution in [0.1, 0.15) is 58.1 Å². The summed E-state index contributed by atoms with van der Waals surface area (Å²) in [4.78, 5) is 0. The van der Waals surface area contributed by atoms with Crippen molar-refractivity contribution in [1.29, 1.82) is 0 Å². The van der Waals surface area contributed by atoms with Gasteiger partial charge in [0.05, 0.1) is 0 Å². The molecule has 0 unspecified atom stereocenters. The molecule has 1 aliphatic rings. The first-order valence-corrected chi connectivity index (χ1v) is 9.54. The van der Waals surface area contributed by atoms with Crippen molar-refractivity contribution in [2.75, 3.05) is 0 Å². The number of hydrogen-bond donors (Lipinski definition) is 0. The summed E-state index contributed by atoms with van der Waals surface area (Å²) in [6.07, 6.45) is 13.1. The second-order valence-corrected chi connectivity index (χ2v) is 7.00. The molecule has 0 N–H and O–H groups in total. The van der Waals surface area contributed by atoms with E-state index in [0.29, 0.717) is 5.92 Å². The number of fused-ring (bicyclic) bond motifs is 1. The van der Waals surface area contributed by atoms with Crippen molar-refractivity contribution in [1.82, 2.24) is 0 Å². The third-order valence-electron chi connectivity index (χ3n) is 5.76. The van der Waals surface area contributed by atoms with Gasteiger partial charge < -0.3 is 4.65 Å². The predicted molar refractivity (Wildman–Crippen MR) is 105 cm³/mol. The molecule has 0 bridgehead atoms. The van der Waals surface area contributed by atoms with Gasteiger partial charge in [-0.05, 0) is 23.1 Å². The molecule has 1 aliphatic carbocycles. The van der Waals surface area contributed by atoms with E-state index in [1.165, 1.54) is 36.0 Å². The maximum Gasteiger partial charge on any atom is 1.00 e. The van der Waals surface area contributed by atoms with Crippen LogP contribution < -0.4 is 18.9 Å². The van der Waals surface area contributed by atoms with E-state index < -0.39 is 6.35 Å². The monoisotopic (exact) mass is 318 g/mol. The molecule has 0 saturated carbocycles. The summed E-state index contributed by atoms with van der Waals surface area (Å²) in [5, 5.41) is 0. The van der Waals surface area contributed by atoms with Crippen LogP contribution in [0.2, 0.25) is 19.0 Å². The molecule has 0 spiro atoms. The van der Waals surface area contributed by atoms with Gasteiger partial charge in [-0.25, -0.2) is 0 Å². The Morgan fingerprint density at radius 1 is 1.04 bits per heavy atom. The van der Waals surface area contributed by atoms with E-state index in [-0.39, 0.29) is 18.9 Å². The number of rotatable bonds is 8. The maximum absolute atomic E-state index is 6.45.